The maximum absolute atomic E-state index is 9.93. The zero-order valence-electron chi connectivity index (χ0n) is 49.3. The van der Waals surface area contributed by atoms with Crippen LogP contribution in [0, 0.1) is 0 Å². The van der Waals surface area contributed by atoms with Gasteiger partial charge in [-0.1, -0.05) is 267 Å². The van der Waals surface area contributed by atoms with E-state index in [2.05, 4.69) is 92.7 Å². The second-order valence-corrected chi connectivity index (χ2v) is 20.5. The fourth-order valence-corrected chi connectivity index (χ4v) is 9.65. The molecule has 428 valence electrons. The minimum atomic E-state index is 0. The first-order valence-corrected chi connectivity index (χ1v) is 28.7. The van der Waals surface area contributed by atoms with Crippen molar-refractivity contribution in [3.05, 3.63) is 336 Å². The van der Waals surface area contributed by atoms with E-state index in [4.69, 9.17) is 0 Å². The van der Waals surface area contributed by atoms with Gasteiger partial charge >= 0.3 is 0 Å². The van der Waals surface area contributed by atoms with Gasteiger partial charge < -0.3 is 20.4 Å². The smallest absolute Gasteiger partial charge is 0.141 e. The third kappa shape index (κ3) is 17.3. The Morgan fingerprint density at radius 1 is 0.189 bits per heavy atom. The number of phenols is 4. The fourth-order valence-electron chi connectivity index (χ4n) is 9.65. The van der Waals surface area contributed by atoms with Gasteiger partial charge in [0.1, 0.15) is 45.1 Å². The SMILES string of the molecule is Oc1cccc2ccc(/C=C/c3ccc(-c4ccccc4)cc3)nc12.Oc1cccc2ccc(/C=C/c3ccc(-c4ccccc4)cc3)nc12.Oc1cccc2ccc(/C=C/c3ccccc3)nc12.Oc1cccc2ccc(/C=C/c3ccccc3)nc12.[Zn].[Zn]. The first-order chi connectivity index (χ1) is 43.2. The summed E-state index contributed by atoms with van der Waals surface area (Å²) in [6.45, 7) is 0. The molecule has 14 rings (SSSR count). The van der Waals surface area contributed by atoms with Crippen molar-refractivity contribution in [2.75, 3.05) is 0 Å². The number of aromatic hydroxyl groups is 4. The summed E-state index contributed by atoms with van der Waals surface area (Å²) in [7, 11) is 0. The Hall–Kier alpha value is -10.8. The van der Waals surface area contributed by atoms with Crippen molar-refractivity contribution in [1.82, 2.24) is 19.9 Å². The molecule has 0 atom stereocenters. The van der Waals surface area contributed by atoms with Gasteiger partial charge in [-0.05, 0) is 117 Å². The Labute approximate surface area is 549 Å². The minimum absolute atomic E-state index is 0. The molecule has 0 unspecified atom stereocenters. The van der Waals surface area contributed by atoms with E-state index in [0.29, 0.717) is 22.1 Å². The molecule has 8 nitrogen and oxygen atoms in total. The molecule has 4 aromatic heterocycles. The van der Waals surface area contributed by atoms with Crippen LogP contribution >= 0.6 is 0 Å². The summed E-state index contributed by atoms with van der Waals surface area (Å²) >= 11 is 0. The van der Waals surface area contributed by atoms with Crippen LogP contribution in [0.1, 0.15) is 45.0 Å². The Morgan fingerprint density at radius 3 is 0.667 bits per heavy atom. The van der Waals surface area contributed by atoms with Crippen LogP contribution in [0.3, 0.4) is 0 Å². The summed E-state index contributed by atoms with van der Waals surface area (Å²) in [6.07, 6.45) is 15.9. The maximum Gasteiger partial charge on any atom is 0.141 e. The Bertz CT molecular complexity index is 4450. The van der Waals surface area contributed by atoms with E-state index in [1.54, 1.807) is 24.3 Å². The predicted octanol–water partition coefficient (Wildman–Crippen LogP) is 19.8. The molecule has 4 heterocycles. The summed E-state index contributed by atoms with van der Waals surface area (Å²) in [6, 6.07) is 95.0. The monoisotopic (exact) mass is 1270 g/mol. The van der Waals surface area contributed by atoms with E-state index in [9.17, 15) is 20.4 Å². The van der Waals surface area contributed by atoms with Crippen molar-refractivity contribution >= 4 is 92.2 Å². The average Bonchev–Trinajstić information content (AvgIpc) is 3.52. The zero-order chi connectivity index (χ0) is 60.3. The Kier molecular flexibility index (Phi) is 22.5. The largest absolute Gasteiger partial charge is 0.506 e. The van der Waals surface area contributed by atoms with Crippen LogP contribution in [-0.4, -0.2) is 40.4 Å². The third-order valence-corrected chi connectivity index (χ3v) is 14.3. The maximum atomic E-state index is 9.93. The number of rotatable bonds is 10. The number of pyridine rings is 4. The molecule has 0 saturated carbocycles. The molecule has 14 aromatic rings. The van der Waals surface area contributed by atoms with E-state index in [1.165, 1.54) is 22.3 Å². The molecule has 10 aromatic carbocycles. The Balaban J connectivity index is 0.000000142. The van der Waals surface area contributed by atoms with Crippen LogP contribution in [-0.2, 0) is 39.0 Å². The van der Waals surface area contributed by atoms with E-state index in [0.717, 1.165) is 66.6 Å². The number of hydrogen-bond donors (Lipinski definition) is 4. The molecule has 10 heteroatoms. The number of aromatic nitrogens is 4. The summed E-state index contributed by atoms with van der Waals surface area (Å²) in [5.74, 6) is 0.847. The fraction of sp³-hybridized carbons (Fsp3) is 0. The van der Waals surface area contributed by atoms with Gasteiger partial charge in [0.25, 0.3) is 0 Å². The molecule has 0 aliphatic rings. The Morgan fingerprint density at radius 2 is 0.411 bits per heavy atom. The van der Waals surface area contributed by atoms with Crippen LogP contribution in [0.2, 0.25) is 0 Å². The molecule has 0 spiro atoms. The molecule has 90 heavy (non-hydrogen) atoms. The topological polar surface area (TPSA) is 132 Å². The van der Waals surface area contributed by atoms with Crippen LogP contribution < -0.4 is 0 Å². The van der Waals surface area contributed by atoms with Crippen LogP contribution in [0.25, 0.3) is 114 Å². The molecule has 4 N–H and O–H groups in total. The van der Waals surface area contributed by atoms with E-state index < -0.39 is 0 Å². The molecule has 0 fully saturated rings. The van der Waals surface area contributed by atoms with Gasteiger partial charge in [0, 0.05) is 60.5 Å². The second-order valence-electron chi connectivity index (χ2n) is 20.5. The van der Waals surface area contributed by atoms with Crippen LogP contribution in [0.5, 0.6) is 23.0 Å². The second kappa shape index (κ2) is 31.8. The normalized spacial score (nSPS) is 10.9. The summed E-state index contributed by atoms with van der Waals surface area (Å²) in [5, 5.41) is 43.2. The number of fused-ring (bicyclic) bond motifs is 4. The molecule has 0 radical (unpaired) electrons. The zero-order valence-corrected chi connectivity index (χ0v) is 55.3. The first-order valence-electron chi connectivity index (χ1n) is 28.7. The van der Waals surface area contributed by atoms with Gasteiger partial charge in [0.2, 0.25) is 0 Å². The number of phenolic OH excluding ortho intramolecular Hbond substituents is 4. The number of benzene rings is 10. The molecular weight excluding hydrogens is 1210 g/mol. The molecule has 0 amide bonds. The number of nitrogens with zero attached hydrogens (tertiary/aromatic N) is 4. The van der Waals surface area contributed by atoms with Gasteiger partial charge in [-0.2, -0.15) is 0 Å². The van der Waals surface area contributed by atoms with Crippen molar-refractivity contribution in [1.29, 1.82) is 0 Å². The standard InChI is InChI=1S/2C23H17NO.2C17H13NO.2Zn/c2*25-22-8-4-7-20-14-16-21(24-23(20)22)15-11-17-9-12-19(13-10-17)18-5-2-1-3-6-18;2*19-16-8-4-7-14-10-12-15(18-17(14)16)11-9-13-5-2-1-3-6-13;;/h2*1-16,25H;2*1-12,19H;;/b2*15-11+;2*11-9+;;. The van der Waals surface area contributed by atoms with Gasteiger partial charge in [-0.25, -0.2) is 19.9 Å². The van der Waals surface area contributed by atoms with E-state index in [1.807, 2.05) is 243 Å². The van der Waals surface area contributed by atoms with Gasteiger partial charge in [-0.3, -0.25) is 0 Å². The summed E-state index contributed by atoms with van der Waals surface area (Å²) in [4.78, 5) is 17.9. The molecule has 0 aliphatic heterocycles. The summed E-state index contributed by atoms with van der Waals surface area (Å²) < 4.78 is 0. The number of hydrogen-bond acceptors (Lipinski definition) is 8. The van der Waals surface area contributed by atoms with Crippen LogP contribution in [0.15, 0.2) is 291 Å². The van der Waals surface area contributed by atoms with Gasteiger partial charge in [-0.15, -0.1) is 0 Å². The van der Waals surface area contributed by atoms with Gasteiger partial charge in [0.05, 0.1) is 22.8 Å². The van der Waals surface area contributed by atoms with Crippen molar-refractivity contribution in [3.63, 3.8) is 0 Å². The molecular formula is C80H60N4O4Zn2. The average molecular weight is 1270 g/mol. The molecule has 0 bridgehead atoms. The predicted molar refractivity (Wildman–Crippen MR) is 366 cm³/mol. The van der Waals surface area contributed by atoms with E-state index >= 15 is 0 Å². The minimum Gasteiger partial charge on any atom is -0.506 e. The van der Waals surface area contributed by atoms with Gasteiger partial charge in [0.15, 0.2) is 0 Å². The van der Waals surface area contributed by atoms with Crippen molar-refractivity contribution < 1.29 is 59.4 Å². The molecule has 0 aliphatic carbocycles. The van der Waals surface area contributed by atoms with Crippen molar-refractivity contribution in [3.8, 4) is 45.3 Å². The van der Waals surface area contributed by atoms with Crippen molar-refractivity contribution in [2.24, 2.45) is 0 Å². The quantitative estimate of drug-likeness (QED) is 0.0996. The van der Waals surface area contributed by atoms with Crippen molar-refractivity contribution in [2.45, 2.75) is 0 Å². The molecule has 0 saturated heterocycles. The first kappa shape index (κ1) is 63.7. The third-order valence-electron chi connectivity index (χ3n) is 14.3. The number of para-hydroxylation sites is 4. The van der Waals surface area contributed by atoms with E-state index in [-0.39, 0.29) is 62.0 Å². The summed E-state index contributed by atoms with van der Waals surface area (Å²) in [5.41, 5.74) is 15.1. The van der Waals surface area contributed by atoms with Crippen LogP contribution in [0.4, 0.5) is 0 Å².